The third kappa shape index (κ3) is 5.05. The van der Waals surface area contributed by atoms with Gasteiger partial charge in [-0.05, 0) is 30.3 Å². The maximum atomic E-state index is 12.6. The first-order valence-electron chi connectivity index (χ1n) is 7.40. The molecule has 2 rings (SSSR count). The molecule has 0 aliphatic heterocycles. The van der Waals surface area contributed by atoms with Crippen LogP contribution in [-0.2, 0) is 19.6 Å². The molecule has 0 aliphatic rings. The van der Waals surface area contributed by atoms with Gasteiger partial charge in [0.05, 0.1) is 13.5 Å². The van der Waals surface area contributed by atoms with E-state index in [0.29, 0.717) is 0 Å². The van der Waals surface area contributed by atoms with Crippen molar-refractivity contribution in [2.45, 2.75) is 11.3 Å². The number of hydrogen-bond donors (Lipinski definition) is 2. The summed E-state index contributed by atoms with van der Waals surface area (Å²) in [6, 6.07) is 9.41. The van der Waals surface area contributed by atoms with Crippen LogP contribution < -0.4 is 9.46 Å². The van der Waals surface area contributed by atoms with Crippen molar-refractivity contribution in [2.24, 2.45) is 0 Å². The molecule has 0 bridgehead atoms. The van der Waals surface area contributed by atoms with Gasteiger partial charge in [-0.2, -0.15) is 0 Å². The molecule has 0 saturated heterocycles. The Hall–Kier alpha value is -2.91. The second kappa shape index (κ2) is 8.19. The lowest BCUT2D eigenvalue weighted by atomic mass is 10.1. The number of carbonyl (C=O) groups excluding carboxylic acids is 2. The molecule has 2 aromatic rings. The molecule has 0 saturated carbocycles. The standard InChI is InChI=1S/C17H14ClNO7S/c1-26-15-6-5-11(18)8-16(15)27(24,25)19-12-4-2-3-10(7-12)13(20)9-14(21)17(22)23/h2-8,19H,9H2,1H3,(H,22,23). The Balaban J connectivity index is 2.30. The van der Waals surface area contributed by atoms with E-state index in [1.54, 1.807) is 0 Å². The zero-order chi connectivity index (χ0) is 20.2. The summed E-state index contributed by atoms with van der Waals surface area (Å²) in [7, 11) is -2.78. The summed E-state index contributed by atoms with van der Waals surface area (Å²) >= 11 is 5.85. The van der Waals surface area contributed by atoms with Crippen molar-refractivity contribution in [1.29, 1.82) is 0 Å². The number of halogens is 1. The molecule has 142 valence electrons. The van der Waals surface area contributed by atoms with E-state index in [2.05, 4.69) is 4.72 Å². The van der Waals surface area contributed by atoms with Crippen LogP contribution in [0.25, 0.3) is 0 Å². The first-order chi connectivity index (χ1) is 12.6. The van der Waals surface area contributed by atoms with E-state index in [1.165, 1.54) is 49.6 Å². The largest absolute Gasteiger partial charge is 0.495 e. The Bertz CT molecular complexity index is 1020. The van der Waals surface area contributed by atoms with Crippen LogP contribution in [0.5, 0.6) is 5.75 Å². The molecule has 0 atom stereocenters. The van der Waals surface area contributed by atoms with Crippen LogP contribution in [0.2, 0.25) is 5.02 Å². The molecule has 27 heavy (non-hydrogen) atoms. The van der Waals surface area contributed by atoms with Crippen LogP contribution in [0.3, 0.4) is 0 Å². The Kier molecular flexibility index (Phi) is 6.19. The lowest BCUT2D eigenvalue weighted by Gasteiger charge is -2.12. The molecule has 8 nitrogen and oxygen atoms in total. The first-order valence-corrected chi connectivity index (χ1v) is 9.26. The highest BCUT2D eigenvalue weighted by Gasteiger charge is 2.22. The average Bonchev–Trinajstić information content (AvgIpc) is 2.61. The highest BCUT2D eigenvalue weighted by Crippen LogP contribution is 2.29. The van der Waals surface area contributed by atoms with Gasteiger partial charge in [-0.15, -0.1) is 0 Å². The lowest BCUT2D eigenvalue weighted by molar-refractivity contribution is -0.148. The number of carbonyl (C=O) groups is 3. The number of anilines is 1. The van der Waals surface area contributed by atoms with Gasteiger partial charge in [0, 0.05) is 16.3 Å². The van der Waals surface area contributed by atoms with E-state index in [1.807, 2.05) is 0 Å². The Morgan fingerprint density at radius 3 is 2.48 bits per heavy atom. The van der Waals surface area contributed by atoms with E-state index < -0.39 is 34.0 Å². The zero-order valence-electron chi connectivity index (χ0n) is 13.9. The summed E-state index contributed by atoms with van der Waals surface area (Å²) in [4.78, 5) is 33.5. The molecule has 0 unspecified atom stereocenters. The fraction of sp³-hybridized carbons (Fsp3) is 0.118. The summed E-state index contributed by atoms with van der Waals surface area (Å²) in [6.07, 6.45) is -0.826. The van der Waals surface area contributed by atoms with Crippen LogP contribution in [0.15, 0.2) is 47.4 Å². The lowest BCUT2D eigenvalue weighted by Crippen LogP contribution is -2.17. The summed E-state index contributed by atoms with van der Waals surface area (Å²) < 4.78 is 32.5. The van der Waals surface area contributed by atoms with Crippen LogP contribution in [0.4, 0.5) is 5.69 Å². The second-order valence-electron chi connectivity index (χ2n) is 5.31. The van der Waals surface area contributed by atoms with Crippen molar-refractivity contribution in [3.05, 3.63) is 53.1 Å². The van der Waals surface area contributed by atoms with Gasteiger partial charge in [0.25, 0.3) is 10.0 Å². The zero-order valence-corrected chi connectivity index (χ0v) is 15.5. The van der Waals surface area contributed by atoms with E-state index in [4.69, 9.17) is 21.4 Å². The normalized spacial score (nSPS) is 10.9. The van der Waals surface area contributed by atoms with Crippen molar-refractivity contribution < 1.29 is 32.6 Å². The number of hydrogen-bond acceptors (Lipinski definition) is 6. The monoisotopic (exact) mass is 411 g/mol. The van der Waals surface area contributed by atoms with E-state index >= 15 is 0 Å². The molecule has 0 aliphatic carbocycles. The van der Waals surface area contributed by atoms with E-state index in [9.17, 15) is 22.8 Å². The van der Waals surface area contributed by atoms with Crippen LogP contribution in [0, 0.1) is 0 Å². The number of methoxy groups -OCH3 is 1. The molecule has 10 heteroatoms. The minimum absolute atomic E-state index is 0.0112. The molecule has 0 fully saturated rings. The topological polar surface area (TPSA) is 127 Å². The number of carboxylic acids is 1. The maximum absolute atomic E-state index is 12.6. The SMILES string of the molecule is COc1ccc(Cl)cc1S(=O)(=O)Nc1cccc(C(=O)CC(=O)C(=O)O)c1. The number of carboxylic acid groups (broad SMARTS) is 1. The van der Waals surface area contributed by atoms with Gasteiger partial charge in [0.15, 0.2) is 5.78 Å². The summed E-state index contributed by atoms with van der Waals surface area (Å²) in [6.45, 7) is 0. The van der Waals surface area contributed by atoms with Crippen molar-refractivity contribution in [2.75, 3.05) is 11.8 Å². The Morgan fingerprint density at radius 2 is 1.85 bits per heavy atom. The number of ether oxygens (including phenoxy) is 1. The van der Waals surface area contributed by atoms with Gasteiger partial charge in [-0.25, -0.2) is 13.2 Å². The third-order valence-corrected chi connectivity index (χ3v) is 5.05. The smallest absolute Gasteiger partial charge is 0.372 e. The molecule has 0 spiro atoms. The predicted octanol–water partition coefficient (Wildman–Crippen LogP) is 2.38. The molecule has 2 N–H and O–H groups in total. The Morgan fingerprint density at radius 1 is 1.15 bits per heavy atom. The quantitative estimate of drug-likeness (QED) is 0.387. The van der Waals surface area contributed by atoms with E-state index in [-0.39, 0.29) is 26.9 Å². The molecule has 2 aromatic carbocycles. The highest BCUT2D eigenvalue weighted by atomic mass is 35.5. The fourth-order valence-corrected chi connectivity index (χ4v) is 3.63. The summed E-state index contributed by atoms with van der Waals surface area (Å²) in [5.74, 6) is -3.64. The van der Waals surface area contributed by atoms with Crippen molar-refractivity contribution >= 4 is 44.8 Å². The van der Waals surface area contributed by atoms with Gasteiger partial charge in [-0.1, -0.05) is 23.7 Å². The number of aliphatic carboxylic acids is 1. The molecule has 0 aromatic heterocycles. The maximum Gasteiger partial charge on any atom is 0.372 e. The molecular weight excluding hydrogens is 398 g/mol. The van der Waals surface area contributed by atoms with Gasteiger partial charge in [0.2, 0.25) is 5.78 Å². The minimum atomic E-state index is -4.09. The van der Waals surface area contributed by atoms with Crippen molar-refractivity contribution in [1.82, 2.24) is 0 Å². The predicted molar refractivity (Wildman–Crippen MR) is 96.8 cm³/mol. The molecular formula is C17H14ClNO7S. The van der Waals surface area contributed by atoms with Gasteiger partial charge in [0.1, 0.15) is 10.6 Å². The number of rotatable bonds is 8. The van der Waals surface area contributed by atoms with Crippen LogP contribution >= 0.6 is 11.6 Å². The fourth-order valence-electron chi connectivity index (χ4n) is 2.15. The number of benzene rings is 2. The van der Waals surface area contributed by atoms with Gasteiger partial charge < -0.3 is 9.84 Å². The van der Waals surface area contributed by atoms with Gasteiger partial charge in [-0.3, -0.25) is 14.3 Å². The highest BCUT2D eigenvalue weighted by molar-refractivity contribution is 7.92. The van der Waals surface area contributed by atoms with Crippen molar-refractivity contribution in [3.63, 3.8) is 0 Å². The molecule has 0 amide bonds. The Labute approximate surface area is 159 Å². The average molecular weight is 412 g/mol. The molecule has 0 heterocycles. The number of Topliss-reactive ketones (excluding diaryl/α,β-unsaturated/α-hetero) is 2. The number of sulfonamides is 1. The first kappa shape index (κ1) is 20.4. The third-order valence-electron chi connectivity index (χ3n) is 3.41. The molecule has 0 radical (unpaired) electrons. The minimum Gasteiger partial charge on any atom is -0.495 e. The second-order valence-corrected chi connectivity index (χ2v) is 7.40. The van der Waals surface area contributed by atoms with Gasteiger partial charge >= 0.3 is 5.97 Å². The number of ketones is 2. The van der Waals surface area contributed by atoms with E-state index in [0.717, 1.165) is 0 Å². The summed E-state index contributed by atoms with van der Waals surface area (Å²) in [5.41, 5.74) is 0.0357. The summed E-state index contributed by atoms with van der Waals surface area (Å²) in [5, 5.41) is 8.75. The van der Waals surface area contributed by atoms with Crippen LogP contribution in [0.1, 0.15) is 16.8 Å². The van der Waals surface area contributed by atoms with Crippen LogP contribution in [-0.4, -0.2) is 38.2 Å². The number of nitrogens with one attached hydrogen (secondary N) is 1. The van der Waals surface area contributed by atoms with Crippen molar-refractivity contribution in [3.8, 4) is 5.75 Å².